The fourth-order valence-corrected chi connectivity index (χ4v) is 4.32. The van der Waals surface area contributed by atoms with Crippen molar-refractivity contribution in [3.63, 3.8) is 0 Å². The van der Waals surface area contributed by atoms with E-state index >= 15 is 0 Å². The fourth-order valence-electron chi connectivity index (χ4n) is 4.32. The summed E-state index contributed by atoms with van der Waals surface area (Å²) in [5, 5.41) is 18.5. The van der Waals surface area contributed by atoms with Crippen LogP contribution in [0.2, 0.25) is 0 Å². The molecule has 0 spiro atoms. The van der Waals surface area contributed by atoms with E-state index in [1.165, 1.54) is 6.42 Å². The van der Waals surface area contributed by atoms with Crippen LogP contribution in [0.4, 0.5) is 10.7 Å². The third kappa shape index (κ3) is 3.95. The fraction of sp³-hybridized carbons (Fsp3) is 0.714. The van der Waals surface area contributed by atoms with Gasteiger partial charge in [0, 0.05) is 12.0 Å². The van der Waals surface area contributed by atoms with Crippen molar-refractivity contribution in [2.75, 3.05) is 18.4 Å². The highest BCUT2D eigenvalue weighted by Gasteiger charge is 2.41. The van der Waals surface area contributed by atoms with E-state index < -0.39 is 17.8 Å². The molecule has 1 aliphatic heterocycles. The van der Waals surface area contributed by atoms with Crippen LogP contribution in [0.25, 0.3) is 5.52 Å². The molecule has 2 aliphatic rings. The molecule has 2 fully saturated rings. The minimum atomic E-state index is -0.735. The van der Waals surface area contributed by atoms with Crippen LogP contribution in [0.3, 0.4) is 0 Å². The third-order valence-corrected chi connectivity index (χ3v) is 6.29. The minimum Gasteiger partial charge on any atom is -0.444 e. The number of hydrogen-bond acceptors (Lipinski definition) is 7. The van der Waals surface area contributed by atoms with Gasteiger partial charge in [-0.3, -0.25) is 0 Å². The van der Waals surface area contributed by atoms with Crippen LogP contribution in [-0.2, 0) is 10.2 Å². The van der Waals surface area contributed by atoms with Gasteiger partial charge >= 0.3 is 6.09 Å². The summed E-state index contributed by atoms with van der Waals surface area (Å²) in [6, 6.07) is -0.239. The van der Waals surface area contributed by atoms with Crippen LogP contribution in [0.1, 0.15) is 65.6 Å². The van der Waals surface area contributed by atoms with E-state index in [0.717, 1.165) is 30.6 Å². The first kappa shape index (κ1) is 20.8. The average molecular weight is 417 g/mol. The van der Waals surface area contributed by atoms with Gasteiger partial charge in [-0.05, 0) is 46.5 Å². The molecule has 30 heavy (non-hydrogen) atoms. The number of carbonyl (C=O) groups is 1. The molecule has 4 rings (SSSR count). The molecule has 1 saturated carbocycles. The maximum Gasteiger partial charge on any atom is 0.410 e. The molecule has 164 valence electrons. The Kier molecular flexibility index (Phi) is 5.34. The van der Waals surface area contributed by atoms with E-state index in [9.17, 15) is 9.90 Å². The summed E-state index contributed by atoms with van der Waals surface area (Å²) in [4.78, 5) is 22.9. The minimum absolute atomic E-state index is 0.107. The van der Waals surface area contributed by atoms with Crippen molar-refractivity contribution in [3.8, 4) is 0 Å². The van der Waals surface area contributed by atoms with Gasteiger partial charge in [-0.15, -0.1) is 5.10 Å². The Morgan fingerprint density at radius 2 is 2.07 bits per heavy atom. The van der Waals surface area contributed by atoms with Crippen molar-refractivity contribution < 1.29 is 14.6 Å². The largest absolute Gasteiger partial charge is 0.444 e. The van der Waals surface area contributed by atoms with Gasteiger partial charge in [0.25, 0.3) is 0 Å². The second kappa shape index (κ2) is 7.68. The number of nitrogens with zero attached hydrogens (tertiary/aromatic N) is 5. The monoisotopic (exact) mass is 416 g/mol. The number of aliphatic hydroxyl groups is 1. The molecule has 2 aromatic rings. The van der Waals surface area contributed by atoms with Crippen molar-refractivity contribution >= 4 is 17.6 Å². The van der Waals surface area contributed by atoms with Gasteiger partial charge < -0.3 is 20.1 Å². The van der Waals surface area contributed by atoms with Gasteiger partial charge in [0.1, 0.15) is 16.9 Å². The van der Waals surface area contributed by atoms with Gasteiger partial charge in [-0.2, -0.15) is 0 Å². The van der Waals surface area contributed by atoms with E-state index in [0.29, 0.717) is 18.9 Å². The Hall–Kier alpha value is -2.42. The van der Waals surface area contributed by atoms with E-state index in [1.54, 1.807) is 11.1 Å². The molecule has 1 saturated heterocycles. The van der Waals surface area contributed by atoms with Gasteiger partial charge in [0.15, 0.2) is 0 Å². The molecule has 2 aromatic heterocycles. The Morgan fingerprint density at radius 1 is 1.33 bits per heavy atom. The number of carbonyl (C=O) groups excluding carboxylic acids is 1. The van der Waals surface area contributed by atoms with E-state index in [-0.39, 0.29) is 18.0 Å². The third-order valence-electron chi connectivity index (χ3n) is 6.29. The number of ether oxygens (including phenoxy) is 1. The van der Waals surface area contributed by atoms with Crippen molar-refractivity contribution in [1.29, 1.82) is 0 Å². The summed E-state index contributed by atoms with van der Waals surface area (Å²) in [5.74, 6) is 1.46. The van der Waals surface area contributed by atoms with Crippen LogP contribution in [-0.4, -0.2) is 66.5 Å². The summed E-state index contributed by atoms with van der Waals surface area (Å²) < 4.78 is 7.30. The second-order valence-electron chi connectivity index (χ2n) is 9.52. The molecule has 1 amide bonds. The number of imidazole rings is 1. The zero-order valence-corrected chi connectivity index (χ0v) is 18.3. The number of aliphatic hydroxyl groups excluding tert-OH is 1. The predicted molar refractivity (Wildman–Crippen MR) is 112 cm³/mol. The molecule has 1 aliphatic carbocycles. The molecular weight excluding hydrogens is 384 g/mol. The Balaban J connectivity index is 1.45. The van der Waals surface area contributed by atoms with E-state index in [4.69, 9.17) is 4.74 Å². The lowest BCUT2D eigenvalue weighted by Gasteiger charge is -2.39. The van der Waals surface area contributed by atoms with Crippen LogP contribution in [0.15, 0.2) is 12.4 Å². The van der Waals surface area contributed by atoms with Crippen LogP contribution < -0.4 is 5.32 Å². The summed E-state index contributed by atoms with van der Waals surface area (Å²) >= 11 is 0. The number of hydrogen-bond donors (Lipinski definition) is 2. The SMILES string of the molecule is CCC1(c2ncc3cnc(N[C@@H]4CCN(C(=O)OC(C)(C)C)C[C@H]4O)nn23)CCC1. The summed E-state index contributed by atoms with van der Waals surface area (Å²) in [5.41, 5.74) is 0.422. The van der Waals surface area contributed by atoms with E-state index in [2.05, 4.69) is 27.3 Å². The Labute approximate surface area is 176 Å². The van der Waals surface area contributed by atoms with Crippen LogP contribution in [0, 0.1) is 0 Å². The van der Waals surface area contributed by atoms with Crippen molar-refractivity contribution in [2.24, 2.45) is 0 Å². The number of amides is 1. The molecule has 0 aromatic carbocycles. The summed E-state index contributed by atoms with van der Waals surface area (Å²) in [6.45, 7) is 8.42. The highest BCUT2D eigenvalue weighted by atomic mass is 16.6. The Morgan fingerprint density at radius 3 is 2.67 bits per heavy atom. The normalized spacial score (nSPS) is 23.8. The van der Waals surface area contributed by atoms with Crippen LogP contribution in [0.5, 0.6) is 0 Å². The molecule has 0 bridgehead atoms. The molecule has 3 heterocycles. The lowest BCUT2D eigenvalue weighted by molar-refractivity contribution is 0.00112. The maximum absolute atomic E-state index is 12.3. The number of piperidine rings is 1. The van der Waals surface area contributed by atoms with Gasteiger partial charge in [-0.25, -0.2) is 19.3 Å². The highest BCUT2D eigenvalue weighted by molar-refractivity contribution is 5.68. The average Bonchev–Trinajstić information content (AvgIpc) is 3.05. The number of aromatic nitrogens is 4. The van der Waals surface area contributed by atoms with Crippen molar-refractivity contribution in [1.82, 2.24) is 24.5 Å². The number of rotatable bonds is 4. The lowest BCUT2D eigenvalue weighted by atomic mass is 9.66. The first-order valence-electron chi connectivity index (χ1n) is 10.8. The number of nitrogens with one attached hydrogen (secondary N) is 1. The number of β-amino-alcohol motifs (C(OH)–C–C–N with tert-alkyl or cyclic N) is 1. The maximum atomic E-state index is 12.3. The smallest absolute Gasteiger partial charge is 0.410 e. The summed E-state index contributed by atoms with van der Waals surface area (Å²) in [7, 11) is 0. The number of anilines is 1. The van der Waals surface area contributed by atoms with Gasteiger partial charge in [0.2, 0.25) is 5.95 Å². The standard InChI is InChI=1S/C21H32N6O3/c1-5-21(8-6-9-21)17-22-11-14-12-23-18(25-27(14)17)24-15-7-10-26(13-16(15)28)19(29)30-20(2,3)4/h11-12,15-16,28H,5-10,13H2,1-4H3,(H,24,25)/t15-,16-/m1/s1. The number of fused-ring (bicyclic) bond motifs is 1. The zero-order valence-electron chi connectivity index (χ0n) is 18.3. The van der Waals surface area contributed by atoms with Crippen LogP contribution >= 0.6 is 0 Å². The quantitative estimate of drug-likeness (QED) is 0.789. The lowest BCUT2D eigenvalue weighted by Crippen LogP contribution is -2.52. The van der Waals surface area contributed by atoms with Crippen molar-refractivity contribution in [3.05, 3.63) is 18.2 Å². The van der Waals surface area contributed by atoms with Crippen molar-refractivity contribution in [2.45, 2.75) is 83.0 Å². The topological polar surface area (TPSA) is 105 Å². The van der Waals surface area contributed by atoms with Gasteiger partial charge in [0.05, 0.1) is 31.1 Å². The molecule has 2 atom stereocenters. The van der Waals surface area contributed by atoms with E-state index in [1.807, 2.05) is 31.5 Å². The summed E-state index contributed by atoms with van der Waals surface area (Å²) in [6.07, 6.45) is 7.57. The number of likely N-dealkylation sites (tertiary alicyclic amines) is 1. The molecule has 0 unspecified atom stereocenters. The molecule has 9 nitrogen and oxygen atoms in total. The molecule has 0 radical (unpaired) electrons. The molecule has 9 heteroatoms. The highest BCUT2D eigenvalue weighted by Crippen LogP contribution is 2.45. The zero-order chi connectivity index (χ0) is 21.5. The molecular formula is C21H32N6O3. The molecule has 2 N–H and O–H groups in total. The Bertz CT molecular complexity index is 912. The predicted octanol–water partition coefficient (Wildman–Crippen LogP) is 2.74. The second-order valence-corrected chi connectivity index (χ2v) is 9.52. The first-order chi connectivity index (χ1) is 14.2. The van der Waals surface area contributed by atoms with Gasteiger partial charge in [-0.1, -0.05) is 13.3 Å². The first-order valence-corrected chi connectivity index (χ1v) is 10.8.